The van der Waals surface area contributed by atoms with E-state index < -0.39 is 0 Å². The van der Waals surface area contributed by atoms with Gasteiger partial charge in [0.2, 0.25) is 0 Å². The third kappa shape index (κ3) is 3.94. The number of piperidine rings is 1. The van der Waals surface area contributed by atoms with E-state index in [1.807, 2.05) is 0 Å². The summed E-state index contributed by atoms with van der Waals surface area (Å²) in [7, 11) is 0. The summed E-state index contributed by atoms with van der Waals surface area (Å²) in [5.41, 5.74) is 0.000873. The molecule has 17 heavy (non-hydrogen) atoms. The normalized spacial score (nSPS) is 30.5. The standard InChI is InChI=1S/C14H27NO2/c1-14(2,3)17-9-5-8-15-12-6-4-7-13(15)11-16-10-12/h12-13H,4-11H2,1-3H3. The number of rotatable bonds is 4. The van der Waals surface area contributed by atoms with Gasteiger partial charge >= 0.3 is 0 Å². The predicted octanol–water partition coefficient (Wildman–Crippen LogP) is 2.44. The summed E-state index contributed by atoms with van der Waals surface area (Å²) in [5, 5.41) is 0. The van der Waals surface area contributed by atoms with Crippen molar-refractivity contribution in [2.75, 3.05) is 26.4 Å². The van der Waals surface area contributed by atoms with Crippen molar-refractivity contribution >= 4 is 0 Å². The molecule has 0 aromatic heterocycles. The largest absolute Gasteiger partial charge is 0.378 e. The van der Waals surface area contributed by atoms with E-state index in [0.717, 1.165) is 26.2 Å². The van der Waals surface area contributed by atoms with Crippen molar-refractivity contribution < 1.29 is 9.47 Å². The van der Waals surface area contributed by atoms with Gasteiger partial charge in [-0.2, -0.15) is 0 Å². The molecular formula is C14H27NO2. The van der Waals surface area contributed by atoms with Gasteiger partial charge in [0, 0.05) is 25.2 Å². The van der Waals surface area contributed by atoms with Gasteiger partial charge in [-0.25, -0.2) is 0 Å². The second-order valence-electron chi connectivity index (χ2n) is 6.33. The molecule has 3 heteroatoms. The van der Waals surface area contributed by atoms with Crippen LogP contribution in [-0.2, 0) is 9.47 Å². The zero-order valence-electron chi connectivity index (χ0n) is 11.6. The SMILES string of the molecule is CC(C)(C)OCCCN1C2CCCC1COC2. The fraction of sp³-hybridized carbons (Fsp3) is 1.00. The van der Waals surface area contributed by atoms with Crippen LogP contribution >= 0.6 is 0 Å². The van der Waals surface area contributed by atoms with Gasteiger partial charge in [0.25, 0.3) is 0 Å². The summed E-state index contributed by atoms with van der Waals surface area (Å²) in [6.45, 7) is 10.3. The number of fused-ring (bicyclic) bond motifs is 2. The molecule has 0 saturated carbocycles. The third-order valence-electron chi connectivity index (χ3n) is 3.73. The van der Waals surface area contributed by atoms with E-state index in [0.29, 0.717) is 12.1 Å². The molecule has 0 aliphatic carbocycles. The first-order chi connectivity index (χ1) is 8.06. The Balaban J connectivity index is 1.71. The number of morpholine rings is 1. The second kappa shape index (κ2) is 5.68. The van der Waals surface area contributed by atoms with Crippen molar-refractivity contribution in [2.24, 2.45) is 0 Å². The summed E-state index contributed by atoms with van der Waals surface area (Å²) in [6, 6.07) is 1.36. The molecule has 0 spiro atoms. The molecule has 2 bridgehead atoms. The van der Waals surface area contributed by atoms with Crippen LogP contribution in [0.15, 0.2) is 0 Å². The maximum atomic E-state index is 5.78. The summed E-state index contributed by atoms with van der Waals surface area (Å²) < 4.78 is 11.4. The van der Waals surface area contributed by atoms with Crippen LogP contribution in [0.25, 0.3) is 0 Å². The Kier molecular flexibility index (Phi) is 4.45. The highest BCUT2D eigenvalue weighted by molar-refractivity contribution is 4.87. The van der Waals surface area contributed by atoms with Gasteiger partial charge in [0.15, 0.2) is 0 Å². The average Bonchev–Trinajstić information content (AvgIpc) is 2.22. The van der Waals surface area contributed by atoms with E-state index >= 15 is 0 Å². The summed E-state index contributed by atoms with van der Waals surface area (Å²) >= 11 is 0. The monoisotopic (exact) mass is 241 g/mol. The Bertz CT molecular complexity index is 215. The predicted molar refractivity (Wildman–Crippen MR) is 69.3 cm³/mol. The minimum Gasteiger partial charge on any atom is -0.378 e. The van der Waals surface area contributed by atoms with Crippen molar-refractivity contribution in [1.29, 1.82) is 0 Å². The Labute approximate surface area is 105 Å². The van der Waals surface area contributed by atoms with E-state index in [-0.39, 0.29) is 5.60 Å². The number of nitrogens with zero attached hydrogens (tertiary/aromatic N) is 1. The first-order valence-corrected chi connectivity index (χ1v) is 7.04. The molecule has 0 N–H and O–H groups in total. The Morgan fingerprint density at radius 2 is 1.82 bits per heavy atom. The summed E-state index contributed by atoms with van der Waals surface area (Å²) in [6.07, 6.45) is 5.16. The van der Waals surface area contributed by atoms with Crippen molar-refractivity contribution in [1.82, 2.24) is 4.90 Å². The Hall–Kier alpha value is -0.120. The van der Waals surface area contributed by atoms with Gasteiger partial charge in [0.05, 0.1) is 18.8 Å². The van der Waals surface area contributed by atoms with E-state index in [1.165, 1.54) is 25.8 Å². The zero-order valence-corrected chi connectivity index (χ0v) is 11.6. The Morgan fingerprint density at radius 1 is 1.18 bits per heavy atom. The van der Waals surface area contributed by atoms with E-state index in [4.69, 9.17) is 9.47 Å². The molecule has 0 aromatic carbocycles. The van der Waals surface area contributed by atoms with Crippen LogP contribution in [0.4, 0.5) is 0 Å². The summed E-state index contributed by atoms with van der Waals surface area (Å²) in [5.74, 6) is 0. The molecule has 0 aromatic rings. The molecule has 0 radical (unpaired) electrons. The number of ether oxygens (including phenoxy) is 2. The first-order valence-electron chi connectivity index (χ1n) is 7.04. The van der Waals surface area contributed by atoms with E-state index in [2.05, 4.69) is 25.7 Å². The van der Waals surface area contributed by atoms with Gasteiger partial charge in [0.1, 0.15) is 0 Å². The molecule has 100 valence electrons. The van der Waals surface area contributed by atoms with Crippen LogP contribution in [0.3, 0.4) is 0 Å². The van der Waals surface area contributed by atoms with Gasteiger partial charge in [-0.15, -0.1) is 0 Å². The van der Waals surface area contributed by atoms with Gasteiger partial charge < -0.3 is 9.47 Å². The molecule has 3 nitrogen and oxygen atoms in total. The highest BCUT2D eigenvalue weighted by Crippen LogP contribution is 2.27. The molecular weight excluding hydrogens is 214 g/mol. The Morgan fingerprint density at radius 3 is 2.41 bits per heavy atom. The van der Waals surface area contributed by atoms with Crippen LogP contribution in [-0.4, -0.2) is 49.0 Å². The highest BCUT2D eigenvalue weighted by atomic mass is 16.5. The third-order valence-corrected chi connectivity index (χ3v) is 3.73. The lowest BCUT2D eigenvalue weighted by Crippen LogP contribution is -2.55. The van der Waals surface area contributed by atoms with Gasteiger partial charge in [-0.1, -0.05) is 6.42 Å². The number of hydrogen-bond acceptors (Lipinski definition) is 3. The van der Waals surface area contributed by atoms with Crippen molar-refractivity contribution in [3.05, 3.63) is 0 Å². The van der Waals surface area contributed by atoms with E-state index in [9.17, 15) is 0 Å². The van der Waals surface area contributed by atoms with Crippen LogP contribution in [0.5, 0.6) is 0 Å². The topological polar surface area (TPSA) is 21.7 Å². The van der Waals surface area contributed by atoms with Gasteiger partial charge in [-0.3, -0.25) is 4.90 Å². The van der Waals surface area contributed by atoms with Crippen molar-refractivity contribution in [3.8, 4) is 0 Å². The summed E-state index contributed by atoms with van der Waals surface area (Å²) in [4.78, 5) is 2.67. The lowest BCUT2D eigenvalue weighted by molar-refractivity contribution is -0.0788. The minimum atomic E-state index is 0.000873. The van der Waals surface area contributed by atoms with Crippen molar-refractivity contribution in [3.63, 3.8) is 0 Å². The second-order valence-corrected chi connectivity index (χ2v) is 6.33. The van der Waals surface area contributed by atoms with Crippen LogP contribution in [0.1, 0.15) is 46.5 Å². The smallest absolute Gasteiger partial charge is 0.0622 e. The molecule has 0 amide bonds. The molecule has 2 heterocycles. The first kappa shape index (κ1) is 13.3. The molecule has 2 rings (SSSR count). The van der Waals surface area contributed by atoms with Crippen LogP contribution in [0, 0.1) is 0 Å². The molecule has 2 aliphatic heterocycles. The lowest BCUT2D eigenvalue weighted by Gasteiger charge is -2.45. The highest BCUT2D eigenvalue weighted by Gasteiger charge is 2.33. The van der Waals surface area contributed by atoms with Crippen molar-refractivity contribution in [2.45, 2.75) is 64.1 Å². The van der Waals surface area contributed by atoms with Crippen LogP contribution < -0.4 is 0 Å². The van der Waals surface area contributed by atoms with Gasteiger partial charge in [-0.05, 0) is 40.0 Å². The number of hydrogen-bond donors (Lipinski definition) is 0. The fourth-order valence-corrected chi connectivity index (χ4v) is 2.91. The van der Waals surface area contributed by atoms with Crippen LogP contribution in [0.2, 0.25) is 0 Å². The maximum Gasteiger partial charge on any atom is 0.0622 e. The zero-order chi connectivity index (χ0) is 12.3. The molecule has 2 fully saturated rings. The van der Waals surface area contributed by atoms with E-state index in [1.54, 1.807) is 0 Å². The fourth-order valence-electron chi connectivity index (χ4n) is 2.91. The molecule has 2 unspecified atom stereocenters. The minimum absolute atomic E-state index is 0.000873. The quantitative estimate of drug-likeness (QED) is 0.706. The lowest BCUT2D eigenvalue weighted by atomic mass is 9.94. The average molecular weight is 241 g/mol. The molecule has 2 aliphatic rings. The molecule has 2 saturated heterocycles. The maximum absolute atomic E-state index is 5.78. The molecule has 2 atom stereocenters.